The normalized spacial score (nSPS) is 12.9. The van der Waals surface area contributed by atoms with Gasteiger partial charge in [-0.05, 0) is 51.8 Å². The van der Waals surface area contributed by atoms with Gasteiger partial charge >= 0.3 is 0 Å². The van der Waals surface area contributed by atoms with E-state index in [1.165, 1.54) is 0 Å². The van der Waals surface area contributed by atoms with Crippen molar-refractivity contribution >= 4 is 44.9 Å². The molecule has 0 radical (unpaired) electrons. The molecule has 0 atom stereocenters. The van der Waals surface area contributed by atoms with Gasteiger partial charge in [0.1, 0.15) is 5.75 Å². The van der Waals surface area contributed by atoms with E-state index in [9.17, 15) is 4.79 Å². The number of halogens is 3. The van der Waals surface area contributed by atoms with Crippen LogP contribution in [0.15, 0.2) is 34.8 Å². The van der Waals surface area contributed by atoms with Gasteiger partial charge in [0.25, 0.3) is 0 Å². The summed E-state index contributed by atoms with van der Waals surface area (Å²) >= 11 is 15.3. The van der Waals surface area contributed by atoms with E-state index in [0.29, 0.717) is 38.0 Å². The average molecular weight is 372 g/mol. The largest absolute Gasteiger partial charge is 0.492 e. The van der Waals surface area contributed by atoms with Crippen molar-refractivity contribution in [1.82, 2.24) is 0 Å². The highest BCUT2D eigenvalue weighted by atomic mass is 79.9. The molecular weight excluding hydrogens is 363 g/mol. The van der Waals surface area contributed by atoms with E-state index in [0.717, 1.165) is 12.0 Å². The van der Waals surface area contributed by atoms with Crippen LogP contribution in [0.4, 0.5) is 0 Å². The van der Waals surface area contributed by atoms with Gasteiger partial charge in [0.15, 0.2) is 5.78 Å². The van der Waals surface area contributed by atoms with Gasteiger partial charge in [-0.3, -0.25) is 4.79 Å². The zero-order valence-electron chi connectivity index (χ0n) is 10.3. The predicted molar refractivity (Wildman–Crippen MR) is 83.2 cm³/mol. The molecule has 0 spiro atoms. The summed E-state index contributed by atoms with van der Waals surface area (Å²) in [7, 11) is 0. The van der Waals surface area contributed by atoms with Gasteiger partial charge in [-0.15, -0.1) is 0 Å². The molecule has 20 heavy (non-hydrogen) atoms. The first-order chi connectivity index (χ1) is 9.56. The Hall–Kier alpha value is -1.03. The second kappa shape index (κ2) is 5.40. The Balaban J connectivity index is 2.11. The third-order valence-corrected chi connectivity index (χ3v) is 4.28. The van der Waals surface area contributed by atoms with Crippen LogP contribution in [-0.2, 0) is 6.42 Å². The van der Waals surface area contributed by atoms with Crippen molar-refractivity contribution in [3.63, 3.8) is 0 Å². The molecule has 1 aliphatic heterocycles. The Morgan fingerprint density at radius 1 is 1.10 bits per heavy atom. The lowest BCUT2D eigenvalue weighted by Crippen LogP contribution is -2.05. The summed E-state index contributed by atoms with van der Waals surface area (Å²) in [4.78, 5) is 12.7. The quantitative estimate of drug-likeness (QED) is 0.700. The molecule has 2 aromatic carbocycles. The number of carbonyl (C=O) groups excluding carboxylic acids is 1. The lowest BCUT2D eigenvalue weighted by atomic mass is 10.00. The fourth-order valence-electron chi connectivity index (χ4n) is 2.26. The van der Waals surface area contributed by atoms with Gasteiger partial charge < -0.3 is 4.74 Å². The molecule has 0 saturated carbocycles. The van der Waals surface area contributed by atoms with Crippen molar-refractivity contribution in [2.75, 3.05) is 6.61 Å². The predicted octanol–water partition coefficient (Wildman–Crippen LogP) is 4.92. The molecule has 102 valence electrons. The fourth-order valence-corrected chi connectivity index (χ4v) is 3.36. The second-order valence-corrected chi connectivity index (χ2v) is 6.22. The zero-order chi connectivity index (χ0) is 14.3. The summed E-state index contributed by atoms with van der Waals surface area (Å²) < 4.78 is 6.22. The van der Waals surface area contributed by atoms with E-state index >= 15 is 0 Å². The Kier molecular flexibility index (Phi) is 3.76. The number of hydrogen-bond acceptors (Lipinski definition) is 2. The first-order valence-corrected chi connectivity index (χ1v) is 7.56. The molecule has 0 aliphatic carbocycles. The highest BCUT2D eigenvalue weighted by Gasteiger charge is 2.24. The van der Waals surface area contributed by atoms with Gasteiger partial charge in [-0.1, -0.05) is 23.2 Å². The monoisotopic (exact) mass is 370 g/mol. The van der Waals surface area contributed by atoms with E-state index in [1.54, 1.807) is 24.3 Å². The molecule has 2 nitrogen and oxygen atoms in total. The lowest BCUT2D eigenvalue weighted by Gasteiger charge is -2.09. The smallest absolute Gasteiger partial charge is 0.197 e. The maximum absolute atomic E-state index is 12.7. The molecule has 0 aromatic heterocycles. The lowest BCUT2D eigenvalue weighted by molar-refractivity contribution is 0.103. The summed E-state index contributed by atoms with van der Waals surface area (Å²) in [5.41, 5.74) is 2.01. The Labute approximate surface area is 134 Å². The number of fused-ring (bicyclic) bond motifs is 1. The van der Waals surface area contributed by atoms with Crippen molar-refractivity contribution in [2.24, 2.45) is 0 Å². The third kappa shape index (κ3) is 2.46. The van der Waals surface area contributed by atoms with Crippen molar-refractivity contribution in [3.05, 3.63) is 61.5 Å². The first-order valence-electron chi connectivity index (χ1n) is 6.01. The van der Waals surface area contributed by atoms with Gasteiger partial charge in [-0.2, -0.15) is 0 Å². The topological polar surface area (TPSA) is 26.3 Å². The maximum Gasteiger partial charge on any atom is 0.197 e. The highest BCUT2D eigenvalue weighted by Crippen LogP contribution is 2.35. The van der Waals surface area contributed by atoms with Gasteiger partial charge in [0.05, 0.1) is 12.2 Å². The molecule has 2 aromatic rings. The van der Waals surface area contributed by atoms with Crippen molar-refractivity contribution < 1.29 is 9.53 Å². The number of rotatable bonds is 2. The molecule has 0 bridgehead atoms. The van der Waals surface area contributed by atoms with Crippen LogP contribution in [0, 0.1) is 0 Å². The molecule has 0 N–H and O–H groups in total. The number of benzene rings is 2. The minimum absolute atomic E-state index is 0.130. The van der Waals surface area contributed by atoms with Crippen LogP contribution in [-0.4, -0.2) is 12.4 Å². The Bertz CT molecular complexity index is 713. The van der Waals surface area contributed by atoms with E-state index in [1.807, 2.05) is 6.07 Å². The summed E-state index contributed by atoms with van der Waals surface area (Å²) in [6, 6.07) is 8.56. The second-order valence-electron chi connectivity index (χ2n) is 4.49. The van der Waals surface area contributed by atoms with Crippen LogP contribution in [0.3, 0.4) is 0 Å². The van der Waals surface area contributed by atoms with E-state index in [4.69, 9.17) is 27.9 Å². The number of ether oxygens (including phenoxy) is 1. The van der Waals surface area contributed by atoms with Crippen LogP contribution in [0.1, 0.15) is 21.5 Å². The summed E-state index contributed by atoms with van der Waals surface area (Å²) in [6.07, 6.45) is 0.776. The number of carbonyl (C=O) groups is 1. The average Bonchev–Trinajstić information content (AvgIpc) is 2.85. The van der Waals surface area contributed by atoms with Crippen LogP contribution < -0.4 is 4.74 Å². The molecular formula is C15H9BrCl2O2. The first kappa shape index (κ1) is 13.9. The Morgan fingerprint density at radius 2 is 1.90 bits per heavy atom. The van der Waals surface area contributed by atoms with Crippen LogP contribution in [0.2, 0.25) is 10.0 Å². The molecule has 1 aliphatic rings. The molecule has 0 amide bonds. The van der Waals surface area contributed by atoms with Gasteiger partial charge in [0.2, 0.25) is 0 Å². The van der Waals surface area contributed by atoms with Crippen molar-refractivity contribution in [2.45, 2.75) is 6.42 Å². The van der Waals surface area contributed by atoms with Crippen LogP contribution in [0.25, 0.3) is 0 Å². The minimum Gasteiger partial charge on any atom is -0.492 e. The van der Waals surface area contributed by atoms with Gasteiger partial charge in [-0.25, -0.2) is 0 Å². The maximum atomic E-state index is 12.7. The molecule has 5 heteroatoms. The van der Waals surface area contributed by atoms with Crippen molar-refractivity contribution in [1.29, 1.82) is 0 Å². The zero-order valence-corrected chi connectivity index (χ0v) is 13.3. The number of ketones is 1. The van der Waals surface area contributed by atoms with Crippen LogP contribution >= 0.6 is 39.1 Å². The fraction of sp³-hybridized carbons (Fsp3) is 0.133. The summed E-state index contributed by atoms with van der Waals surface area (Å²) in [6.45, 7) is 0.581. The summed E-state index contributed by atoms with van der Waals surface area (Å²) in [5.74, 6) is 0.510. The van der Waals surface area contributed by atoms with Crippen molar-refractivity contribution in [3.8, 4) is 5.75 Å². The molecule has 0 fully saturated rings. The molecule has 1 heterocycles. The highest BCUT2D eigenvalue weighted by molar-refractivity contribution is 9.10. The van der Waals surface area contributed by atoms with Crippen LogP contribution in [0.5, 0.6) is 5.75 Å². The third-order valence-electron chi connectivity index (χ3n) is 3.17. The van der Waals surface area contributed by atoms with E-state index in [-0.39, 0.29) is 5.78 Å². The Morgan fingerprint density at radius 3 is 2.65 bits per heavy atom. The molecule has 0 unspecified atom stereocenters. The standard InChI is InChI=1S/C15H9BrCl2O2/c16-13-7-9(17)1-2-11(13)14(19)12-6-10(18)5-8-3-4-20-15(8)12/h1-2,5-7H,3-4H2. The number of hydrogen-bond donors (Lipinski definition) is 0. The van der Waals surface area contributed by atoms with E-state index in [2.05, 4.69) is 15.9 Å². The van der Waals surface area contributed by atoms with E-state index < -0.39 is 0 Å². The molecule has 3 rings (SSSR count). The minimum atomic E-state index is -0.130. The summed E-state index contributed by atoms with van der Waals surface area (Å²) in [5, 5.41) is 1.11. The van der Waals surface area contributed by atoms with Gasteiger partial charge in [0, 0.05) is 26.5 Å². The SMILES string of the molecule is O=C(c1ccc(Cl)cc1Br)c1cc(Cl)cc2c1OCC2. The molecule has 0 saturated heterocycles.